The normalized spacial score (nSPS) is 10.6. The Morgan fingerprint density at radius 3 is 2.64 bits per heavy atom. The first-order valence-electron chi connectivity index (χ1n) is 4.32. The van der Waals surface area contributed by atoms with E-state index in [-0.39, 0.29) is 12.4 Å². The standard InChI is InChI=1S/C10H15NO3/c1-4-14-10(13)6-8(2)5-9(7-12)11-3/h5,7,11H,2,4,6H2,1,3H3/b9-5-. The lowest BCUT2D eigenvalue weighted by Gasteiger charge is -2.02. The zero-order chi connectivity index (χ0) is 11.0. The smallest absolute Gasteiger partial charge is 0.310 e. The molecule has 14 heavy (non-hydrogen) atoms. The number of hydrogen-bond donors (Lipinski definition) is 1. The monoisotopic (exact) mass is 197 g/mol. The van der Waals surface area contributed by atoms with E-state index in [1.54, 1.807) is 14.0 Å². The molecule has 0 aromatic rings. The molecular weight excluding hydrogens is 182 g/mol. The van der Waals surface area contributed by atoms with Gasteiger partial charge in [-0.3, -0.25) is 9.59 Å². The van der Waals surface area contributed by atoms with Crippen LogP contribution in [-0.4, -0.2) is 25.9 Å². The number of rotatable bonds is 6. The van der Waals surface area contributed by atoms with Crippen LogP contribution in [0.4, 0.5) is 0 Å². The van der Waals surface area contributed by atoms with Crippen molar-refractivity contribution >= 4 is 12.3 Å². The van der Waals surface area contributed by atoms with Gasteiger partial charge in [-0.25, -0.2) is 0 Å². The predicted molar refractivity (Wildman–Crippen MR) is 53.6 cm³/mol. The minimum atomic E-state index is -0.338. The Hall–Kier alpha value is -1.58. The third kappa shape index (κ3) is 5.13. The maximum Gasteiger partial charge on any atom is 0.310 e. The molecule has 4 heteroatoms. The van der Waals surface area contributed by atoms with Gasteiger partial charge in [0.25, 0.3) is 0 Å². The highest BCUT2D eigenvalue weighted by Gasteiger charge is 2.03. The zero-order valence-electron chi connectivity index (χ0n) is 8.50. The number of esters is 1. The lowest BCUT2D eigenvalue weighted by Crippen LogP contribution is -2.08. The Balaban J connectivity index is 4.15. The minimum absolute atomic E-state index is 0.104. The van der Waals surface area contributed by atoms with Crippen LogP contribution in [0.25, 0.3) is 0 Å². The van der Waals surface area contributed by atoms with Crippen molar-refractivity contribution in [2.75, 3.05) is 13.7 Å². The maximum atomic E-state index is 11.0. The summed E-state index contributed by atoms with van der Waals surface area (Å²) in [5.74, 6) is -0.338. The Morgan fingerprint density at radius 1 is 1.57 bits per heavy atom. The Kier molecular flexibility index (Phi) is 6.11. The van der Waals surface area contributed by atoms with E-state index in [9.17, 15) is 9.59 Å². The first kappa shape index (κ1) is 12.4. The highest BCUT2D eigenvalue weighted by Crippen LogP contribution is 2.03. The molecule has 0 unspecified atom stereocenters. The summed E-state index contributed by atoms with van der Waals surface area (Å²) in [5.41, 5.74) is 0.930. The topological polar surface area (TPSA) is 55.4 Å². The fourth-order valence-electron chi connectivity index (χ4n) is 0.833. The molecule has 0 spiro atoms. The molecule has 0 aromatic heterocycles. The number of carbonyl (C=O) groups excluding carboxylic acids is 2. The van der Waals surface area contributed by atoms with Crippen LogP contribution in [0.2, 0.25) is 0 Å². The maximum absolute atomic E-state index is 11.0. The number of likely N-dealkylation sites (N-methyl/N-ethyl adjacent to an activating group) is 1. The van der Waals surface area contributed by atoms with Gasteiger partial charge in [-0.2, -0.15) is 0 Å². The average molecular weight is 197 g/mol. The molecule has 0 heterocycles. The molecule has 78 valence electrons. The van der Waals surface area contributed by atoms with Crippen molar-refractivity contribution in [1.82, 2.24) is 5.32 Å². The highest BCUT2D eigenvalue weighted by molar-refractivity contribution is 5.76. The molecule has 0 saturated heterocycles. The third-order valence-corrected chi connectivity index (χ3v) is 1.45. The van der Waals surface area contributed by atoms with Crippen LogP contribution in [0, 0.1) is 0 Å². The summed E-state index contributed by atoms with van der Waals surface area (Å²) in [6.45, 7) is 5.72. The van der Waals surface area contributed by atoms with Crippen molar-refractivity contribution in [1.29, 1.82) is 0 Å². The van der Waals surface area contributed by atoms with Gasteiger partial charge in [-0.05, 0) is 18.6 Å². The second-order valence-electron chi connectivity index (χ2n) is 2.61. The van der Waals surface area contributed by atoms with Crippen LogP contribution in [-0.2, 0) is 14.3 Å². The Morgan fingerprint density at radius 2 is 2.21 bits per heavy atom. The van der Waals surface area contributed by atoms with Crippen molar-refractivity contribution in [3.8, 4) is 0 Å². The molecule has 0 aliphatic rings. The fourth-order valence-corrected chi connectivity index (χ4v) is 0.833. The van der Waals surface area contributed by atoms with Gasteiger partial charge in [0.1, 0.15) is 0 Å². The van der Waals surface area contributed by atoms with Crippen molar-refractivity contribution < 1.29 is 14.3 Å². The Bertz CT molecular complexity index is 256. The van der Waals surface area contributed by atoms with E-state index >= 15 is 0 Å². The van der Waals surface area contributed by atoms with Crippen molar-refractivity contribution in [3.05, 3.63) is 23.9 Å². The van der Waals surface area contributed by atoms with Crippen LogP contribution >= 0.6 is 0 Å². The lowest BCUT2D eigenvalue weighted by atomic mass is 10.2. The predicted octanol–water partition coefficient (Wildman–Crippen LogP) is 0.798. The van der Waals surface area contributed by atoms with E-state index in [1.807, 2.05) is 0 Å². The molecule has 0 rings (SSSR count). The molecule has 0 fully saturated rings. The van der Waals surface area contributed by atoms with E-state index in [2.05, 4.69) is 11.9 Å². The van der Waals surface area contributed by atoms with Gasteiger partial charge < -0.3 is 10.1 Å². The quantitative estimate of drug-likeness (QED) is 0.296. The molecule has 4 nitrogen and oxygen atoms in total. The number of ether oxygens (including phenoxy) is 1. The Labute approximate surface area is 83.6 Å². The number of aldehydes is 1. The number of nitrogens with one attached hydrogen (secondary N) is 1. The molecule has 0 saturated carbocycles. The van der Waals surface area contributed by atoms with Gasteiger partial charge in [0.2, 0.25) is 0 Å². The summed E-state index contributed by atoms with van der Waals surface area (Å²) in [7, 11) is 1.62. The fraction of sp³-hybridized carbons (Fsp3) is 0.400. The second kappa shape index (κ2) is 6.88. The average Bonchev–Trinajstić information content (AvgIpc) is 2.14. The number of hydrogen-bond acceptors (Lipinski definition) is 4. The van der Waals surface area contributed by atoms with Crippen LogP contribution in [0.15, 0.2) is 23.9 Å². The first-order chi connectivity index (χ1) is 6.63. The molecule has 0 radical (unpaired) electrons. The second-order valence-corrected chi connectivity index (χ2v) is 2.61. The van der Waals surface area contributed by atoms with E-state index in [0.717, 1.165) is 0 Å². The van der Waals surface area contributed by atoms with E-state index < -0.39 is 0 Å². The van der Waals surface area contributed by atoms with Crippen LogP contribution in [0.5, 0.6) is 0 Å². The van der Waals surface area contributed by atoms with E-state index in [1.165, 1.54) is 6.08 Å². The van der Waals surface area contributed by atoms with Gasteiger partial charge in [0, 0.05) is 7.05 Å². The minimum Gasteiger partial charge on any atom is -0.466 e. The van der Waals surface area contributed by atoms with Crippen molar-refractivity contribution in [2.45, 2.75) is 13.3 Å². The molecule has 0 aliphatic carbocycles. The van der Waals surface area contributed by atoms with Crippen LogP contribution in [0.3, 0.4) is 0 Å². The molecular formula is C10H15NO3. The summed E-state index contributed by atoms with van der Waals surface area (Å²) in [4.78, 5) is 21.4. The van der Waals surface area contributed by atoms with Crippen LogP contribution in [0.1, 0.15) is 13.3 Å². The van der Waals surface area contributed by atoms with Gasteiger partial charge in [0.05, 0.1) is 18.7 Å². The molecule has 0 bridgehead atoms. The molecule has 0 amide bonds. The zero-order valence-corrected chi connectivity index (χ0v) is 8.50. The highest BCUT2D eigenvalue weighted by atomic mass is 16.5. The van der Waals surface area contributed by atoms with Gasteiger partial charge in [-0.1, -0.05) is 6.58 Å². The largest absolute Gasteiger partial charge is 0.466 e. The van der Waals surface area contributed by atoms with E-state index in [4.69, 9.17) is 4.74 Å². The molecule has 0 atom stereocenters. The number of carbonyl (C=O) groups is 2. The summed E-state index contributed by atoms with van der Waals surface area (Å²) >= 11 is 0. The summed E-state index contributed by atoms with van der Waals surface area (Å²) in [5, 5.41) is 2.67. The SMILES string of the molecule is C=C(/C=C(/C=O)NC)CC(=O)OCC. The van der Waals surface area contributed by atoms with Gasteiger partial charge in [-0.15, -0.1) is 0 Å². The first-order valence-corrected chi connectivity index (χ1v) is 4.32. The molecule has 0 aromatic carbocycles. The molecule has 0 aliphatic heterocycles. The number of allylic oxidation sites excluding steroid dienone is 2. The van der Waals surface area contributed by atoms with Crippen molar-refractivity contribution in [2.24, 2.45) is 0 Å². The summed E-state index contributed by atoms with van der Waals surface area (Å²) in [6.07, 6.45) is 2.28. The van der Waals surface area contributed by atoms with E-state index in [0.29, 0.717) is 24.2 Å². The summed E-state index contributed by atoms with van der Waals surface area (Å²) < 4.78 is 4.72. The van der Waals surface area contributed by atoms with Crippen molar-refractivity contribution in [3.63, 3.8) is 0 Å². The summed E-state index contributed by atoms with van der Waals surface area (Å²) in [6, 6.07) is 0. The molecule has 1 N–H and O–H groups in total. The lowest BCUT2D eigenvalue weighted by molar-refractivity contribution is -0.142. The third-order valence-electron chi connectivity index (χ3n) is 1.45. The van der Waals surface area contributed by atoms with Crippen LogP contribution < -0.4 is 5.32 Å². The van der Waals surface area contributed by atoms with Gasteiger partial charge in [0.15, 0.2) is 6.29 Å². The van der Waals surface area contributed by atoms with Gasteiger partial charge >= 0.3 is 5.97 Å².